The third-order valence-corrected chi connectivity index (χ3v) is 6.77. The molecule has 0 bridgehead atoms. The zero-order valence-corrected chi connectivity index (χ0v) is 17.6. The van der Waals surface area contributed by atoms with Crippen LogP contribution in [-0.2, 0) is 24.1 Å². The zero-order chi connectivity index (χ0) is 20.6. The van der Waals surface area contributed by atoms with Gasteiger partial charge in [0.05, 0.1) is 35.9 Å². The molecule has 2 heterocycles. The predicted octanol–water partition coefficient (Wildman–Crippen LogP) is 1.20. The predicted molar refractivity (Wildman–Crippen MR) is 107 cm³/mol. The summed E-state index contributed by atoms with van der Waals surface area (Å²) in [6.07, 6.45) is 0. The van der Waals surface area contributed by atoms with E-state index in [9.17, 15) is 12.8 Å². The third kappa shape index (κ3) is 5.04. The summed E-state index contributed by atoms with van der Waals surface area (Å²) in [6, 6.07) is 4.01. The highest BCUT2D eigenvalue weighted by atomic mass is 32.2. The van der Waals surface area contributed by atoms with E-state index in [1.54, 1.807) is 6.07 Å². The van der Waals surface area contributed by atoms with E-state index in [2.05, 4.69) is 4.72 Å². The van der Waals surface area contributed by atoms with E-state index < -0.39 is 34.2 Å². The van der Waals surface area contributed by atoms with Gasteiger partial charge in [0.15, 0.2) is 0 Å². The van der Waals surface area contributed by atoms with E-state index >= 15 is 0 Å². The van der Waals surface area contributed by atoms with Crippen LogP contribution in [0.2, 0.25) is 0 Å². The first-order chi connectivity index (χ1) is 13.0. The molecule has 2 fully saturated rings. The number of benzene rings is 1. The highest BCUT2D eigenvalue weighted by Gasteiger charge is 2.51. The van der Waals surface area contributed by atoms with Crippen LogP contribution in [-0.4, -0.2) is 70.2 Å². The van der Waals surface area contributed by atoms with Gasteiger partial charge in [0, 0.05) is 19.6 Å². The topological polar surface area (TPSA) is 77.1 Å². The lowest BCUT2D eigenvalue weighted by atomic mass is 9.79. The number of hydrogen-bond donors (Lipinski definition) is 1. The summed E-state index contributed by atoms with van der Waals surface area (Å²) in [5, 5.41) is 0. The van der Waals surface area contributed by atoms with E-state index in [0.29, 0.717) is 38.3 Å². The van der Waals surface area contributed by atoms with E-state index in [1.807, 2.05) is 32.6 Å². The van der Waals surface area contributed by atoms with Crippen LogP contribution in [0.4, 0.5) is 10.1 Å². The minimum Gasteiger partial charge on any atom is -0.399 e. The highest BCUT2D eigenvalue weighted by Crippen LogP contribution is 2.36. The first kappa shape index (κ1) is 21.5. The summed E-state index contributed by atoms with van der Waals surface area (Å²) in [6.45, 7) is 10.6. The summed E-state index contributed by atoms with van der Waals surface area (Å²) in [5.74, 6) is -0.631. The van der Waals surface area contributed by atoms with Crippen molar-refractivity contribution in [2.24, 2.45) is 0 Å². The van der Waals surface area contributed by atoms with Crippen LogP contribution in [0.15, 0.2) is 18.2 Å². The molecule has 0 unspecified atom stereocenters. The number of hydrogen-bond acceptors (Lipinski definition) is 6. The Hall–Kier alpha value is -1.20. The average Bonchev–Trinajstić information content (AvgIpc) is 2.81. The Balaban J connectivity index is 1.69. The molecule has 0 aliphatic carbocycles. The van der Waals surface area contributed by atoms with Crippen LogP contribution in [0.3, 0.4) is 0 Å². The van der Waals surface area contributed by atoms with Crippen LogP contribution in [0.25, 0.3) is 0 Å². The van der Waals surface area contributed by atoms with E-state index in [4.69, 9.17) is 14.0 Å². The smallest absolute Gasteiger partial charge is 0.399 e. The van der Waals surface area contributed by atoms with Gasteiger partial charge in [0.2, 0.25) is 10.0 Å². The normalized spacial score (nSPS) is 22.4. The van der Waals surface area contributed by atoms with Crippen molar-refractivity contribution in [3.63, 3.8) is 0 Å². The first-order valence-electron chi connectivity index (χ1n) is 9.44. The minimum atomic E-state index is -3.62. The first-order valence-corrected chi connectivity index (χ1v) is 11.1. The number of nitrogens with one attached hydrogen (secondary N) is 1. The van der Waals surface area contributed by atoms with Gasteiger partial charge in [0.1, 0.15) is 5.82 Å². The average molecular weight is 414 g/mol. The van der Waals surface area contributed by atoms with Crippen LogP contribution in [0.1, 0.15) is 27.7 Å². The van der Waals surface area contributed by atoms with Crippen molar-refractivity contribution in [2.75, 3.05) is 43.3 Å². The largest absolute Gasteiger partial charge is 0.495 e. The van der Waals surface area contributed by atoms with Gasteiger partial charge in [0.25, 0.3) is 0 Å². The lowest BCUT2D eigenvalue weighted by Crippen LogP contribution is -2.41. The van der Waals surface area contributed by atoms with Crippen LogP contribution in [0, 0.1) is 5.82 Å². The van der Waals surface area contributed by atoms with Crippen LogP contribution in [0.5, 0.6) is 0 Å². The molecule has 2 aliphatic rings. The van der Waals surface area contributed by atoms with Gasteiger partial charge < -0.3 is 14.0 Å². The molecule has 1 aromatic carbocycles. The van der Waals surface area contributed by atoms with Gasteiger partial charge in [-0.15, -0.1) is 0 Å². The summed E-state index contributed by atoms with van der Waals surface area (Å²) < 4.78 is 58.6. The summed E-state index contributed by atoms with van der Waals surface area (Å²) in [5.41, 5.74) is -0.542. The fourth-order valence-electron chi connectivity index (χ4n) is 3.09. The second kappa shape index (κ2) is 7.91. The Morgan fingerprint density at radius 3 is 2.32 bits per heavy atom. The number of nitrogens with zero attached hydrogens (tertiary/aromatic N) is 1. The van der Waals surface area contributed by atoms with Crippen molar-refractivity contribution < 1.29 is 26.9 Å². The standard InChI is InChI=1S/C18H28BFN2O5S/c1-17(2)18(3,4)27-19(26-17)14-11-15(20)13-16(12-14)21-28(23,24)10-7-22-5-8-25-9-6-22/h11-13,21H,5-10H2,1-4H3. The van der Waals surface area contributed by atoms with Crippen molar-refractivity contribution in [1.82, 2.24) is 4.90 Å². The molecule has 0 aromatic heterocycles. The van der Waals surface area contributed by atoms with Gasteiger partial charge in [-0.25, -0.2) is 12.8 Å². The Labute approximate surface area is 166 Å². The fourth-order valence-corrected chi connectivity index (χ4v) is 4.17. The van der Waals surface area contributed by atoms with E-state index in [1.165, 1.54) is 6.07 Å². The molecule has 28 heavy (non-hydrogen) atoms. The van der Waals surface area contributed by atoms with Gasteiger partial charge in [-0.1, -0.05) is 0 Å². The van der Waals surface area contributed by atoms with Crippen molar-refractivity contribution in [2.45, 2.75) is 38.9 Å². The summed E-state index contributed by atoms with van der Waals surface area (Å²) >= 11 is 0. The maximum atomic E-state index is 14.2. The molecule has 0 atom stereocenters. The fraction of sp³-hybridized carbons (Fsp3) is 0.667. The third-order valence-electron chi connectivity index (χ3n) is 5.50. The molecule has 0 amide bonds. The van der Waals surface area contributed by atoms with Crippen molar-refractivity contribution in [3.8, 4) is 0 Å². The van der Waals surface area contributed by atoms with Gasteiger partial charge in [-0.05, 0) is 51.4 Å². The molecule has 3 rings (SSSR count). The van der Waals surface area contributed by atoms with E-state index in [-0.39, 0.29) is 11.4 Å². The SMILES string of the molecule is CC1(C)OB(c2cc(F)cc(NS(=O)(=O)CCN3CCOCC3)c2)OC1(C)C. The van der Waals surface area contributed by atoms with Gasteiger partial charge in [-0.2, -0.15) is 0 Å². The Morgan fingerprint density at radius 2 is 1.71 bits per heavy atom. The number of halogens is 1. The molecular weight excluding hydrogens is 386 g/mol. The molecular formula is C18H28BFN2O5S. The Kier molecular flexibility index (Phi) is 6.08. The summed E-state index contributed by atoms with van der Waals surface area (Å²) in [4.78, 5) is 2.03. The number of anilines is 1. The van der Waals surface area contributed by atoms with Gasteiger partial charge >= 0.3 is 7.12 Å². The van der Waals surface area contributed by atoms with Crippen molar-refractivity contribution in [3.05, 3.63) is 24.0 Å². The molecule has 2 aliphatic heterocycles. The minimum absolute atomic E-state index is 0.0741. The number of sulfonamides is 1. The zero-order valence-electron chi connectivity index (χ0n) is 16.8. The molecule has 0 radical (unpaired) electrons. The van der Waals surface area contributed by atoms with Crippen molar-refractivity contribution in [1.29, 1.82) is 0 Å². The summed E-state index contributed by atoms with van der Waals surface area (Å²) in [7, 11) is -4.38. The Morgan fingerprint density at radius 1 is 1.11 bits per heavy atom. The van der Waals surface area contributed by atoms with E-state index in [0.717, 1.165) is 6.07 Å². The van der Waals surface area contributed by atoms with Crippen molar-refractivity contribution >= 4 is 28.3 Å². The maximum absolute atomic E-state index is 14.2. The number of rotatable bonds is 6. The van der Waals surface area contributed by atoms with Crippen LogP contribution < -0.4 is 10.2 Å². The molecule has 7 nitrogen and oxygen atoms in total. The van der Waals surface area contributed by atoms with Crippen LogP contribution >= 0.6 is 0 Å². The molecule has 1 aromatic rings. The van der Waals surface area contributed by atoms with Gasteiger partial charge in [-0.3, -0.25) is 9.62 Å². The highest BCUT2D eigenvalue weighted by molar-refractivity contribution is 7.92. The monoisotopic (exact) mass is 414 g/mol. The Bertz CT molecular complexity index is 796. The number of morpholine rings is 1. The maximum Gasteiger partial charge on any atom is 0.495 e. The quantitative estimate of drug-likeness (QED) is 0.705. The molecule has 2 saturated heterocycles. The molecule has 0 saturated carbocycles. The molecule has 156 valence electrons. The molecule has 0 spiro atoms. The lowest BCUT2D eigenvalue weighted by Gasteiger charge is -2.32. The molecule has 1 N–H and O–H groups in total. The number of ether oxygens (including phenoxy) is 1. The second-order valence-corrected chi connectivity index (χ2v) is 10.1. The second-order valence-electron chi connectivity index (χ2n) is 8.24. The lowest BCUT2D eigenvalue weighted by molar-refractivity contribution is 0.00578. The molecule has 10 heteroatoms.